The zero-order valence-electron chi connectivity index (χ0n) is 11.6. The SMILES string of the molecule is CCCNc1nc(C)cc(Oc2cccc(C#N)c2)n1. The molecule has 0 bridgehead atoms. The average molecular weight is 268 g/mol. The molecule has 0 aliphatic heterocycles. The summed E-state index contributed by atoms with van der Waals surface area (Å²) in [5, 5.41) is 12.0. The summed E-state index contributed by atoms with van der Waals surface area (Å²) in [5.41, 5.74) is 1.38. The van der Waals surface area contributed by atoms with Crippen LogP contribution in [-0.2, 0) is 0 Å². The van der Waals surface area contributed by atoms with Crippen molar-refractivity contribution in [3.05, 3.63) is 41.6 Å². The zero-order valence-corrected chi connectivity index (χ0v) is 11.6. The number of nitrogens with one attached hydrogen (secondary N) is 1. The van der Waals surface area contributed by atoms with Gasteiger partial charge < -0.3 is 10.1 Å². The van der Waals surface area contributed by atoms with Gasteiger partial charge in [-0.3, -0.25) is 0 Å². The maximum Gasteiger partial charge on any atom is 0.226 e. The number of aromatic nitrogens is 2. The molecular weight excluding hydrogens is 252 g/mol. The molecule has 0 aliphatic carbocycles. The van der Waals surface area contributed by atoms with Gasteiger partial charge in [-0.25, -0.2) is 4.98 Å². The van der Waals surface area contributed by atoms with Gasteiger partial charge in [0, 0.05) is 18.3 Å². The van der Waals surface area contributed by atoms with E-state index in [0.717, 1.165) is 18.7 Å². The van der Waals surface area contributed by atoms with Crippen LogP contribution in [0.3, 0.4) is 0 Å². The highest BCUT2D eigenvalue weighted by atomic mass is 16.5. The molecular formula is C15H16N4O. The van der Waals surface area contributed by atoms with Gasteiger partial charge in [0.25, 0.3) is 0 Å². The fraction of sp³-hybridized carbons (Fsp3) is 0.267. The average Bonchev–Trinajstić information content (AvgIpc) is 2.44. The van der Waals surface area contributed by atoms with Gasteiger partial charge in [0.05, 0.1) is 11.6 Å². The Morgan fingerprint density at radius 2 is 2.15 bits per heavy atom. The summed E-state index contributed by atoms with van der Waals surface area (Å²) >= 11 is 0. The third kappa shape index (κ3) is 3.69. The van der Waals surface area contributed by atoms with Crippen molar-refractivity contribution in [1.82, 2.24) is 9.97 Å². The Balaban J connectivity index is 2.20. The number of hydrogen-bond acceptors (Lipinski definition) is 5. The molecule has 1 N–H and O–H groups in total. The Bertz CT molecular complexity index is 634. The summed E-state index contributed by atoms with van der Waals surface area (Å²) < 4.78 is 5.68. The Hall–Kier alpha value is -2.61. The standard InChI is InChI=1S/C15H16N4O/c1-3-7-17-15-18-11(2)8-14(19-15)20-13-6-4-5-12(9-13)10-16/h4-6,8-9H,3,7H2,1-2H3,(H,17,18,19). The first-order valence-corrected chi connectivity index (χ1v) is 6.49. The topological polar surface area (TPSA) is 70.8 Å². The number of aryl methyl sites for hydroxylation is 1. The minimum atomic E-state index is 0.464. The number of rotatable bonds is 5. The van der Waals surface area contributed by atoms with Crippen molar-refractivity contribution >= 4 is 5.95 Å². The Kier molecular flexibility index (Phi) is 4.51. The van der Waals surface area contributed by atoms with Crippen molar-refractivity contribution in [1.29, 1.82) is 5.26 Å². The van der Waals surface area contributed by atoms with Crippen LogP contribution < -0.4 is 10.1 Å². The lowest BCUT2D eigenvalue weighted by Crippen LogP contribution is -2.05. The highest BCUT2D eigenvalue weighted by Gasteiger charge is 2.04. The molecule has 5 heteroatoms. The van der Waals surface area contributed by atoms with Crippen molar-refractivity contribution in [3.63, 3.8) is 0 Å². The lowest BCUT2D eigenvalue weighted by Gasteiger charge is -2.08. The van der Waals surface area contributed by atoms with Crippen LogP contribution in [0.1, 0.15) is 24.6 Å². The van der Waals surface area contributed by atoms with Crippen LogP contribution in [-0.4, -0.2) is 16.5 Å². The fourth-order valence-electron chi connectivity index (χ4n) is 1.66. The number of nitrogens with zero attached hydrogens (tertiary/aromatic N) is 3. The van der Waals surface area contributed by atoms with Crippen LogP contribution >= 0.6 is 0 Å². The third-order valence-electron chi connectivity index (χ3n) is 2.55. The lowest BCUT2D eigenvalue weighted by atomic mass is 10.2. The van der Waals surface area contributed by atoms with Crippen LogP contribution in [0.25, 0.3) is 0 Å². The van der Waals surface area contributed by atoms with Crippen molar-refractivity contribution < 1.29 is 4.74 Å². The highest BCUT2D eigenvalue weighted by molar-refractivity contribution is 5.39. The molecule has 5 nitrogen and oxygen atoms in total. The predicted molar refractivity (Wildman–Crippen MR) is 76.8 cm³/mol. The molecule has 2 aromatic rings. The first kappa shape index (κ1) is 13.8. The van der Waals surface area contributed by atoms with Gasteiger partial charge in [-0.1, -0.05) is 13.0 Å². The molecule has 2 rings (SSSR count). The van der Waals surface area contributed by atoms with Crippen LogP contribution in [0.5, 0.6) is 11.6 Å². The van der Waals surface area contributed by atoms with Crippen LogP contribution in [0.15, 0.2) is 30.3 Å². The van der Waals surface area contributed by atoms with E-state index in [4.69, 9.17) is 10.00 Å². The molecule has 0 fully saturated rings. The molecule has 0 spiro atoms. The fourth-order valence-corrected chi connectivity index (χ4v) is 1.66. The molecule has 0 unspecified atom stereocenters. The molecule has 1 heterocycles. The summed E-state index contributed by atoms with van der Waals surface area (Å²) in [7, 11) is 0. The third-order valence-corrected chi connectivity index (χ3v) is 2.55. The van der Waals surface area contributed by atoms with Crippen LogP contribution in [0.2, 0.25) is 0 Å². The number of benzene rings is 1. The van der Waals surface area contributed by atoms with Crippen LogP contribution in [0.4, 0.5) is 5.95 Å². The molecule has 0 saturated carbocycles. The van der Waals surface area contributed by atoms with E-state index in [1.54, 1.807) is 30.3 Å². The maximum absolute atomic E-state index is 8.87. The molecule has 102 valence electrons. The second-order valence-electron chi connectivity index (χ2n) is 4.34. The van der Waals surface area contributed by atoms with E-state index in [1.807, 2.05) is 6.92 Å². The zero-order chi connectivity index (χ0) is 14.4. The summed E-state index contributed by atoms with van der Waals surface area (Å²) in [6.07, 6.45) is 0.998. The van der Waals surface area contributed by atoms with Gasteiger partial charge in [-0.05, 0) is 31.5 Å². The molecule has 1 aromatic heterocycles. The first-order valence-electron chi connectivity index (χ1n) is 6.49. The quantitative estimate of drug-likeness (QED) is 0.901. The van der Waals surface area contributed by atoms with E-state index in [-0.39, 0.29) is 0 Å². The molecule has 20 heavy (non-hydrogen) atoms. The van der Waals surface area contributed by atoms with E-state index in [1.165, 1.54) is 0 Å². The second kappa shape index (κ2) is 6.53. The Morgan fingerprint density at radius 1 is 1.30 bits per heavy atom. The largest absolute Gasteiger partial charge is 0.439 e. The number of ether oxygens (including phenoxy) is 1. The monoisotopic (exact) mass is 268 g/mol. The van der Waals surface area contributed by atoms with E-state index in [2.05, 4.69) is 28.3 Å². The summed E-state index contributed by atoms with van der Waals surface area (Å²) in [5.74, 6) is 1.60. The lowest BCUT2D eigenvalue weighted by molar-refractivity contribution is 0.461. The maximum atomic E-state index is 8.87. The van der Waals surface area contributed by atoms with Crippen molar-refractivity contribution in [3.8, 4) is 17.7 Å². The number of anilines is 1. The van der Waals surface area contributed by atoms with E-state index in [0.29, 0.717) is 23.1 Å². The molecule has 0 atom stereocenters. The molecule has 0 saturated heterocycles. The molecule has 1 aromatic carbocycles. The number of nitriles is 1. The minimum absolute atomic E-state index is 0.464. The van der Waals surface area contributed by atoms with E-state index in [9.17, 15) is 0 Å². The molecule has 0 aliphatic rings. The van der Waals surface area contributed by atoms with Gasteiger partial charge in [-0.15, -0.1) is 0 Å². The van der Waals surface area contributed by atoms with Gasteiger partial charge >= 0.3 is 0 Å². The van der Waals surface area contributed by atoms with E-state index < -0.39 is 0 Å². The van der Waals surface area contributed by atoms with Gasteiger partial charge in [0.15, 0.2) is 0 Å². The van der Waals surface area contributed by atoms with Crippen molar-refractivity contribution in [2.75, 3.05) is 11.9 Å². The summed E-state index contributed by atoms with van der Waals surface area (Å²) in [4.78, 5) is 8.59. The second-order valence-corrected chi connectivity index (χ2v) is 4.34. The summed E-state index contributed by atoms with van der Waals surface area (Å²) in [6.45, 7) is 4.78. The van der Waals surface area contributed by atoms with Crippen molar-refractivity contribution in [2.45, 2.75) is 20.3 Å². The van der Waals surface area contributed by atoms with Gasteiger partial charge in [0.1, 0.15) is 5.75 Å². The smallest absolute Gasteiger partial charge is 0.226 e. The van der Waals surface area contributed by atoms with Gasteiger partial charge in [0.2, 0.25) is 11.8 Å². The predicted octanol–water partition coefficient (Wildman–Crippen LogP) is 3.27. The van der Waals surface area contributed by atoms with Crippen LogP contribution in [0, 0.1) is 18.3 Å². The Labute approximate surface area is 118 Å². The highest BCUT2D eigenvalue weighted by Crippen LogP contribution is 2.21. The van der Waals surface area contributed by atoms with Crippen molar-refractivity contribution in [2.24, 2.45) is 0 Å². The van der Waals surface area contributed by atoms with Gasteiger partial charge in [-0.2, -0.15) is 10.2 Å². The molecule has 0 radical (unpaired) electrons. The number of hydrogen-bond donors (Lipinski definition) is 1. The normalized spacial score (nSPS) is 9.85. The first-order chi connectivity index (χ1) is 9.71. The molecule has 0 amide bonds. The minimum Gasteiger partial charge on any atom is -0.439 e. The summed E-state index contributed by atoms with van der Waals surface area (Å²) in [6, 6.07) is 10.8. The Morgan fingerprint density at radius 3 is 2.90 bits per heavy atom. The van der Waals surface area contributed by atoms with E-state index >= 15 is 0 Å².